The summed E-state index contributed by atoms with van der Waals surface area (Å²) in [5.41, 5.74) is 7.33. The number of benzene rings is 1. The minimum Gasteiger partial charge on any atom is -0.342 e. The Bertz CT molecular complexity index is 643. The van der Waals surface area contributed by atoms with E-state index in [1.165, 1.54) is 0 Å². The predicted molar refractivity (Wildman–Crippen MR) is 91.9 cm³/mol. The first-order chi connectivity index (χ1) is 11.6. The molecule has 0 radical (unpaired) electrons. The van der Waals surface area contributed by atoms with Crippen molar-refractivity contribution in [2.24, 2.45) is 17.6 Å². The number of rotatable bonds is 5. The van der Waals surface area contributed by atoms with Gasteiger partial charge in [-0.25, -0.2) is 4.98 Å². The van der Waals surface area contributed by atoms with Crippen LogP contribution in [0.25, 0.3) is 0 Å². The maximum atomic E-state index is 12.9. The molecule has 1 saturated heterocycles. The maximum absolute atomic E-state index is 12.9. The van der Waals surface area contributed by atoms with Gasteiger partial charge in [-0.2, -0.15) is 5.10 Å². The molecule has 2 aromatic rings. The summed E-state index contributed by atoms with van der Waals surface area (Å²) in [6.07, 6.45) is 5.42. The van der Waals surface area contributed by atoms with Gasteiger partial charge in [0.1, 0.15) is 12.7 Å². The van der Waals surface area contributed by atoms with Crippen LogP contribution in [0.5, 0.6) is 0 Å². The highest BCUT2D eigenvalue weighted by Gasteiger charge is 2.30. The van der Waals surface area contributed by atoms with Gasteiger partial charge in [-0.1, -0.05) is 37.3 Å². The van der Waals surface area contributed by atoms with Crippen LogP contribution in [0.1, 0.15) is 31.4 Å². The Kier molecular flexibility index (Phi) is 5.25. The Balaban J connectivity index is 1.61. The van der Waals surface area contributed by atoms with Crippen molar-refractivity contribution in [1.29, 1.82) is 0 Å². The Morgan fingerprint density at radius 2 is 2.17 bits per heavy atom. The normalized spacial score (nSPS) is 20.6. The lowest BCUT2D eigenvalue weighted by Gasteiger charge is -2.35. The van der Waals surface area contributed by atoms with E-state index in [0.717, 1.165) is 38.0 Å². The summed E-state index contributed by atoms with van der Waals surface area (Å²) in [6, 6.07) is 9.58. The molecule has 24 heavy (non-hydrogen) atoms. The van der Waals surface area contributed by atoms with Gasteiger partial charge in [0.25, 0.3) is 0 Å². The molecule has 3 unspecified atom stereocenters. The van der Waals surface area contributed by atoms with Gasteiger partial charge in [-0.3, -0.25) is 9.48 Å². The molecule has 6 heteroatoms. The van der Waals surface area contributed by atoms with E-state index in [2.05, 4.69) is 10.1 Å². The topological polar surface area (TPSA) is 77.0 Å². The molecule has 6 nitrogen and oxygen atoms in total. The molecule has 1 aliphatic rings. The number of hydrogen-bond donors (Lipinski definition) is 1. The molecular formula is C18H25N5O. The highest BCUT2D eigenvalue weighted by molar-refractivity contribution is 5.79. The van der Waals surface area contributed by atoms with Crippen LogP contribution in [0.4, 0.5) is 0 Å². The first kappa shape index (κ1) is 16.6. The van der Waals surface area contributed by atoms with Gasteiger partial charge in [0.05, 0.1) is 5.92 Å². The van der Waals surface area contributed by atoms with Gasteiger partial charge in [-0.05, 0) is 24.3 Å². The molecule has 3 rings (SSSR count). The zero-order valence-electron chi connectivity index (χ0n) is 14.1. The second-order valence-corrected chi connectivity index (χ2v) is 6.64. The average Bonchev–Trinajstić information content (AvgIpc) is 3.14. The first-order valence-electron chi connectivity index (χ1n) is 8.57. The molecule has 1 fully saturated rings. The Morgan fingerprint density at radius 1 is 1.38 bits per heavy atom. The van der Waals surface area contributed by atoms with Gasteiger partial charge in [0, 0.05) is 25.7 Å². The molecule has 0 spiro atoms. The quantitative estimate of drug-likeness (QED) is 0.909. The molecule has 1 amide bonds. The minimum absolute atomic E-state index is 0.148. The number of aromatic nitrogens is 3. The number of amides is 1. The molecule has 1 aromatic carbocycles. The fourth-order valence-corrected chi connectivity index (χ4v) is 3.41. The Hall–Kier alpha value is -2.21. The highest BCUT2D eigenvalue weighted by atomic mass is 16.2. The molecule has 0 saturated carbocycles. The molecule has 0 aliphatic carbocycles. The lowest BCUT2D eigenvalue weighted by atomic mass is 9.92. The predicted octanol–water partition coefficient (Wildman–Crippen LogP) is 1.85. The van der Waals surface area contributed by atoms with Crippen LogP contribution in [0.3, 0.4) is 0 Å². The Labute approximate surface area is 142 Å². The van der Waals surface area contributed by atoms with Crippen LogP contribution in [0, 0.1) is 11.8 Å². The van der Waals surface area contributed by atoms with Crippen molar-refractivity contribution >= 4 is 5.91 Å². The van der Waals surface area contributed by atoms with Gasteiger partial charge in [-0.15, -0.1) is 0 Å². The summed E-state index contributed by atoms with van der Waals surface area (Å²) in [5.74, 6) is 0.344. The SMILES string of the molecule is CC(C(=O)N1CCCC(Cn2cncn2)C1)C(N)c1ccccc1. The summed E-state index contributed by atoms with van der Waals surface area (Å²) in [6.45, 7) is 4.33. The first-order valence-corrected chi connectivity index (χ1v) is 8.57. The van der Waals surface area contributed by atoms with Gasteiger partial charge >= 0.3 is 0 Å². The summed E-state index contributed by atoms with van der Waals surface area (Å²) in [7, 11) is 0. The van der Waals surface area contributed by atoms with Gasteiger partial charge < -0.3 is 10.6 Å². The van der Waals surface area contributed by atoms with Crippen LogP contribution in [-0.2, 0) is 11.3 Å². The van der Waals surface area contributed by atoms with E-state index in [4.69, 9.17) is 5.73 Å². The van der Waals surface area contributed by atoms with Crippen LogP contribution >= 0.6 is 0 Å². The highest BCUT2D eigenvalue weighted by Crippen LogP contribution is 2.24. The van der Waals surface area contributed by atoms with Gasteiger partial charge in [0.2, 0.25) is 5.91 Å². The molecule has 0 bridgehead atoms. The van der Waals surface area contributed by atoms with Crippen molar-refractivity contribution in [1.82, 2.24) is 19.7 Å². The minimum atomic E-state index is -0.269. The zero-order chi connectivity index (χ0) is 16.9. The number of nitrogens with two attached hydrogens (primary N) is 1. The lowest BCUT2D eigenvalue weighted by Crippen LogP contribution is -2.45. The summed E-state index contributed by atoms with van der Waals surface area (Å²) >= 11 is 0. The smallest absolute Gasteiger partial charge is 0.227 e. The molecule has 2 N–H and O–H groups in total. The standard InChI is InChI=1S/C18H25N5O/c1-14(17(19)16-7-3-2-4-8-16)18(24)22-9-5-6-15(10-22)11-23-13-20-12-21-23/h2-4,7-8,12-15,17H,5-6,9-11,19H2,1H3. The van der Waals surface area contributed by atoms with Crippen LogP contribution in [0.2, 0.25) is 0 Å². The van der Waals surface area contributed by atoms with E-state index in [1.54, 1.807) is 12.7 Å². The molecule has 2 heterocycles. The van der Waals surface area contributed by atoms with Crippen molar-refractivity contribution in [3.63, 3.8) is 0 Å². The van der Waals surface area contributed by atoms with E-state index in [9.17, 15) is 4.79 Å². The molecule has 1 aliphatic heterocycles. The summed E-state index contributed by atoms with van der Waals surface area (Å²) in [4.78, 5) is 18.8. The summed E-state index contributed by atoms with van der Waals surface area (Å²) < 4.78 is 1.85. The van der Waals surface area contributed by atoms with Crippen molar-refractivity contribution in [3.8, 4) is 0 Å². The van der Waals surface area contributed by atoms with Crippen LogP contribution in [-0.4, -0.2) is 38.7 Å². The van der Waals surface area contributed by atoms with Crippen molar-refractivity contribution in [2.75, 3.05) is 13.1 Å². The molecule has 1 aromatic heterocycles. The monoisotopic (exact) mass is 327 g/mol. The number of piperidine rings is 1. The fourth-order valence-electron chi connectivity index (χ4n) is 3.41. The second-order valence-electron chi connectivity index (χ2n) is 6.64. The lowest BCUT2D eigenvalue weighted by molar-refractivity contribution is -0.137. The number of hydrogen-bond acceptors (Lipinski definition) is 4. The van der Waals surface area contributed by atoms with E-state index >= 15 is 0 Å². The maximum Gasteiger partial charge on any atom is 0.227 e. The largest absolute Gasteiger partial charge is 0.342 e. The molecule has 3 atom stereocenters. The third-order valence-corrected chi connectivity index (χ3v) is 4.86. The number of carbonyl (C=O) groups excluding carboxylic acids is 1. The average molecular weight is 327 g/mol. The van der Waals surface area contributed by atoms with Gasteiger partial charge in [0.15, 0.2) is 0 Å². The van der Waals surface area contributed by atoms with E-state index in [-0.39, 0.29) is 17.9 Å². The van der Waals surface area contributed by atoms with Crippen molar-refractivity contribution < 1.29 is 4.79 Å². The molecule has 128 valence electrons. The number of carbonyl (C=O) groups is 1. The van der Waals surface area contributed by atoms with E-state index in [0.29, 0.717) is 5.92 Å². The van der Waals surface area contributed by atoms with Crippen LogP contribution in [0.15, 0.2) is 43.0 Å². The summed E-state index contributed by atoms with van der Waals surface area (Å²) in [5, 5.41) is 4.17. The van der Waals surface area contributed by atoms with E-state index in [1.807, 2.05) is 46.8 Å². The van der Waals surface area contributed by atoms with E-state index < -0.39 is 0 Å². The third-order valence-electron chi connectivity index (χ3n) is 4.86. The third kappa shape index (κ3) is 3.82. The van der Waals surface area contributed by atoms with Crippen molar-refractivity contribution in [2.45, 2.75) is 32.4 Å². The van der Waals surface area contributed by atoms with Crippen molar-refractivity contribution in [3.05, 3.63) is 48.5 Å². The molecular weight excluding hydrogens is 302 g/mol. The van der Waals surface area contributed by atoms with Crippen LogP contribution < -0.4 is 5.73 Å². The number of likely N-dealkylation sites (tertiary alicyclic amines) is 1. The second kappa shape index (κ2) is 7.57. The fraction of sp³-hybridized carbons (Fsp3) is 0.500. The number of nitrogens with zero attached hydrogens (tertiary/aromatic N) is 4. The zero-order valence-corrected chi connectivity index (χ0v) is 14.1. The Morgan fingerprint density at radius 3 is 2.88 bits per heavy atom.